The maximum absolute atomic E-state index is 10.4. The summed E-state index contributed by atoms with van der Waals surface area (Å²) < 4.78 is 5.74. The minimum atomic E-state index is -0.190. The normalized spacial score (nSPS) is 44.8. The van der Waals surface area contributed by atoms with Gasteiger partial charge in [-0.05, 0) is 32.1 Å². The SMILES string of the molecule is C[C@@H]1CN(C2CCC(C)(C)C2O)C[C@H](C)O1. The average Bonchev–Trinajstić information content (AvgIpc) is 2.40. The maximum Gasteiger partial charge on any atom is 0.0746 e. The Bertz CT molecular complexity index is 244. The van der Waals surface area contributed by atoms with Gasteiger partial charge in [-0.1, -0.05) is 13.8 Å². The van der Waals surface area contributed by atoms with Crippen LogP contribution in [-0.2, 0) is 4.74 Å². The van der Waals surface area contributed by atoms with E-state index in [1.54, 1.807) is 0 Å². The van der Waals surface area contributed by atoms with Crippen molar-refractivity contribution in [1.29, 1.82) is 0 Å². The summed E-state index contributed by atoms with van der Waals surface area (Å²) in [5, 5.41) is 10.4. The van der Waals surface area contributed by atoms with Crippen LogP contribution in [0.5, 0.6) is 0 Å². The Morgan fingerprint density at radius 1 is 1.19 bits per heavy atom. The van der Waals surface area contributed by atoms with Crippen molar-refractivity contribution in [3.63, 3.8) is 0 Å². The number of aliphatic hydroxyl groups excluding tert-OH is 1. The fourth-order valence-electron chi connectivity index (χ4n) is 3.22. The van der Waals surface area contributed by atoms with E-state index in [4.69, 9.17) is 4.74 Å². The lowest BCUT2D eigenvalue weighted by molar-refractivity contribution is -0.0974. The van der Waals surface area contributed by atoms with Gasteiger partial charge < -0.3 is 9.84 Å². The van der Waals surface area contributed by atoms with E-state index in [1.807, 2.05) is 0 Å². The van der Waals surface area contributed by atoms with E-state index < -0.39 is 0 Å². The third-order valence-corrected chi connectivity index (χ3v) is 4.17. The monoisotopic (exact) mass is 227 g/mol. The first-order valence-corrected chi connectivity index (χ1v) is 6.48. The zero-order valence-corrected chi connectivity index (χ0v) is 10.9. The number of aliphatic hydroxyl groups is 1. The predicted molar refractivity (Wildman–Crippen MR) is 64.4 cm³/mol. The quantitative estimate of drug-likeness (QED) is 0.739. The van der Waals surface area contributed by atoms with Crippen molar-refractivity contribution in [3.05, 3.63) is 0 Å². The molecule has 0 aromatic heterocycles. The first kappa shape index (κ1) is 12.3. The van der Waals surface area contributed by atoms with Gasteiger partial charge in [-0.2, -0.15) is 0 Å². The maximum atomic E-state index is 10.4. The highest BCUT2D eigenvalue weighted by Crippen LogP contribution is 2.40. The third kappa shape index (κ3) is 2.27. The van der Waals surface area contributed by atoms with Gasteiger partial charge in [-0.25, -0.2) is 0 Å². The topological polar surface area (TPSA) is 32.7 Å². The Balaban J connectivity index is 2.03. The lowest BCUT2D eigenvalue weighted by Crippen LogP contribution is -2.53. The second-order valence-electron chi connectivity index (χ2n) is 6.25. The van der Waals surface area contributed by atoms with Crippen molar-refractivity contribution in [2.75, 3.05) is 13.1 Å². The van der Waals surface area contributed by atoms with Crippen molar-refractivity contribution >= 4 is 0 Å². The van der Waals surface area contributed by atoms with E-state index in [2.05, 4.69) is 32.6 Å². The lowest BCUT2D eigenvalue weighted by atomic mass is 9.88. The molecule has 0 aromatic rings. The highest BCUT2D eigenvalue weighted by Gasteiger charge is 2.44. The molecular weight excluding hydrogens is 202 g/mol. The van der Waals surface area contributed by atoms with Crippen molar-refractivity contribution in [2.45, 2.75) is 64.9 Å². The van der Waals surface area contributed by atoms with Gasteiger partial charge in [-0.3, -0.25) is 4.90 Å². The molecule has 0 aromatic carbocycles. The minimum absolute atomic E-state index is 0.0788. The van der Waals surface area contributed by atoms with E-state index >= 15 is 0 Å². The molecule has 0 bridgehead atoms. The standard InChI is InChI=1S/C13H25NO2/c1-9-7-14(8-10(2)16-9)11-5-6-13(3,4)12(11)15/h9-12,15H,5-8H2,1-4H3/t9-,10+,11?,12?. The molecule has 1 N–H and O–H groups in total. The molecule has 94 valence electrons. The Hall–Kier alpha value is -0.120. The highest BCUT2D eigenvalue weighted by molar-refractivity contribution is 4.97. The molecule has 16 heavy (non-hydrogen) atoms. The summed E-state index contributed by atoms with van der Waals surface area (Å²) in [6.07, 6.45) is 2.64. The summed E-state index contributed by atoms with van der Waals surface area (Å²) in [6.45, 7) is 10.5. The van der Waals surface area contributed by atoms with E-state index in [0.29, 0.717) is 18.2 Å². The zero-order chi connectivity index (χ0) is 11.9. The van der Waals surface area contributed by atoms with Crippen LogP contribution < -0.4 is 0 Å². The Kier molecular flexibility index (Phi) is 3.30. The van der Waals surface area contributed by atoms with Crippen LogP contribution in [0.15, 0.2) is 0 Å². The molecule has 2 rings (SSSR count). The summed E-state index contributed by atoms with van der Waals surface area (Å²) in [6, 6.07) is 0.337. The number of ether oxygens (including phenoxy) is 1. The van der Waals surface area contributed by atoms with Crippen LogP contribution in [0.1, 0.15) is 40.5 Å². The molecule has 1 saturated heterocycles. The smallest absolute Gasteiger partial charge is 0.0746 e. The van der Waals surface area contributed by atoms with Crippen molar-refractivity contribution in [1.82, 2.24) is 4.90 Å². The molecule has 2 aliphatic rings. The molecule has 1 saturated carbocycles. The predicted octanol–water partition coefficient (Wildman–Crippen LogP) is 1.65. The Morgan fingerprint density at radius 3 is 2.19 bits per heavy atom. The van der Waals surface area contributed by atoms with Gasteiger partial charge in [0.2, 0.25) is 0 Å². The van der Waals surface area contributed by atoms with Gasteiger partial charge in [0.1, 0.15) is 0 Å². The zero-order valence-electron chi connectivity index (χ0n) is 10.9. The largest absolute Gasteiger partial charge is 0.391 e. The third-order valence-electron chi connectivity index (χ3n) is 4.17. The van der Waals surface area contributed by atoms with Gasteiger partial charge in [-0.15, -0.1) is 0 Å². The molecule has 1 aliphatic carbocycles. The average molecular weight is 227 g/mol. The van der Waals surface area contributed by atoms with E-state index in [9.17, 15) is 5.11 Å². The first-order valence-electron chi connectivity index (χ1n) is 6.48. The first-order chi connectivity index (χ1) is 7.40. The van der Waals surface area contributed by atoms with Crippen LogP contribution >= 0.6 is 0 Å². The minimum Gasteiger partial charge on any atom is -0.391 e. The van der Waals surface area contributed by atoms with Gasteiger partial charge in [0, 0.05) is 19.1 Å². The van der Waals surface area contributed by atoms with Crippen LogP contribution in [0, 0.1) is 5.41 Å². The number of morpholine rings is 1. The van der Waals surface area contributed by atoms with Crippen LogP contribution in [0.4, 0.5) is 0 Å². The molecular formula is C13H25NO2. The van der Waals surface area contributed by atoms with Gasteiger partial charge in [0.15, 0.2) is 0 Å². The summed E-state index contributed by atoms with van der Waals surface area (Å²) in [7, 11) is 0. The molecule has 0 spiro atoms. The molecule has 1 aliphatic heterocycles. The van der Waals surface area contributed by atoms with Crippen LogP contribution in [0.25, 0.3) is 0 Å². The van der Waals surface area contributed by atoms with Gasteiger partial charge in [0.25, 0.3) is 0 Å². The summed E-state index contributed by atoms with van der Waals surface area (Å²) >= 11 is 0. The van der Waals surface area contributed by atoms with Crippen molar-refractivity contribution in [2.24, 2.45) is 5.41 Å². The van der Waals surface area contributed by atoms with Gasteiger partial charge >= 0.3 is 0 Å². The number of rotatable bonds is 1. The molecule has 4 atom stereocenters. The van der Waals surface area contributed by atoms with Crippen LogP contribution in [0.3, 0.4) is 0 Å². The Labute approximate surface area is 98.8 Å². The summed E-state index contributed by atoms with van der Waals surface area (Å²) in [5.74, 6) is 0. The number of hydrogen-bond acceptors (Lipinski definition) is 3. The van der Waals surface area contributed by atoms with Crippen molar-refractivity contribution in [3.8, 4) is 0 Å². The Morgan fingerprint density at radius 2 is 1.75 bits per heavy atom. The summed E-state index contributed by atoms with van der Waals surface area (Å²) in [4.78, 5) is 2.43. The van der Waals surface area contributed by atoms with E-state index in [0.717, 1.165) is 25.9 Å². The fourth-order valence-corrected chi connectivity index (χ4v) is 3.22. The molecule has 1 heterocycles. The van der Waals surface area contributed by atoms with Gasteiger partial charge in [0.05, 0.1) is 18.3 Å². The highest BCUT2D eigenvalue weighted by atomic mass is 16.5. The molecule has 0 radical (unpaired) electrons. The second-order valence-corrected chi connectivity index (χ2v) is 6.25. The number of nitrogens with zero attached hydrogens (tertiary/aromatic N) is 1. The molecule has 0 amide bonds. The van der Waals surface area contributed by atoms with E-state index in [1.165, 1.54) is 0 Å². The molecule has 2 fully saturated rings. The van der Waals surface area contributed by atoms with Crippen LogP contribution in [-0.4, -0.2) is 47.4 Å². The molecule has 3 nitrogen and oxygen atoms in total. The van der Waals surface area contributed by atoms with E-state index in [-0.39, 0.29) is 11.5 Å². The van der Waals surface area contributed by atoms with Crippen molar-refractivity contribution < 1.29 is 9.84 Å². The summed E-state index contributed by atoms with van der Waals surface area (Å²) in [5.41, 5.74) is 0.0788. The molecule has 3 heteroatoms. The molecule has 2 unspecified atom stereocenters. The second kappa shape index (κ2) is 4.28. The number of hydrogen-bond donors (Lipinski definition) is 1. The lowest BCUT2D eigenvalue weighted by Gasteiger charge is -2.41. The fraction of sp³-hybridized carbons (Fsp3) is 1.00. The van der Waals surface area contributed by atoms with Crippen LogP contribution in [0.2, 0.25) is 0 Å².